The van der Waals surface area contributed by atoms with Gasteiger partial charge in [0.15, 0.2) is 0 Å². The summed E-state index contributed by atoms with van der Waals surface area (Å²) in [5.74, 6) is 0.708. The first-order chi connectivity index (χ1) is 14.9. The van der Waals surface area contributed by atoms with Crippen LogP contribution in [0.2, 0.25) is 0 Å². The second-order valence-corrected chi connectivity index (χ2v) is 8.06. The number of amides is 1. The maximum atomic E-state index is 13.6. The summed E-state index contributed by atoms with van der Waals surface area (Å²) < 4.78 is 0.867. The molecule has 0 aromatic carbocycles. The predicted molar refractivity (Wildman–Crippen MR) is 121 cm³/mol. The predicted octanol–water partition coefficient (Wildman–Crippen LogP) is 3.87. The number of aryl methyl sites for hydroxylation is 1. The van der Waals surface area contributed by atoms with Gasteiger partial charge in [0.1, 0.15) is 11.6 Å². The van der Waals surface area contributed by atoms with Crippen LogP contribution < -0.4 is 5.73 Å². The molecule has 9 heteroatoms. The van der Waals surface area contributed by atoms with Crippen LogP contribution in [0.25, 0.3) is 11.0 Å². The molecule has 0 saturated heterocycles. The number of hydrogen-bond acceptors (Lipinski definition) is 7. The highest BCUT2D eigenvalue weighted by Crippen LogP contribution is 2.24. The number of hydrogen-bond donors (Lipinski definition) is 1. The SMILES string of the molecule is Cc1cc(N)nc2cc(C(=O)N(Cc3ccc(Br)cn3)C(C)c3ncccn3)cnc12. The van der Waals surface area contributed by atoms with Crippen molar-refractivity contribution in [3.8, 4) is 0 Å². The van der Waals surface area contributed by atoms with Gasteiger partial charge in [0.05, 0.1) is 34.9 Å². The Morgan fingerprint density at radius 3 is 2.61 bits per heavy atom. The van der Waals surface area contributed by atoms with Crippen LogP contribution >= 0.6 is 15.9 Å². The number of nitrogen functional groups attached to an aromatic ring is 1. The van der Waals surface area contributed by atoms with E-state index < -0.39 is 0 Å². The van der Waals surface area contributed by atoms with Crippen molar-refractivity contribution in [2.45, 2.75) is 26.4 Å². The van der Waals surface area contributed by atoms with E-state index in [2.05, 4.69) is 40.8 Å². The number of rotatable bonds is 5. The van der Waals surface area contributed by atoms with Crippen molar-refractivity contribution in [2.24, 2.45) is 0 Å². The molecule has 0 saturated carbocycles. The van der Waals surface area contributed by atoms with Gasteiger partial charge >= 0.3 is 0 Å². The Hall–Kier alpha value is -3.46. The quantitative estimate of drug-likeness (QED) is 0.464. The minimum atomic E-state index is -0.384. The molecule has 1 atom stereocenters. The Balaban J connectivity index is 1.73. The molecule has 0 aliphatic heterocycles. The third-order valence-corrected chi connectivity index (χ3v) is 5.38. The number of nitrogens with two attached hydrogens (primary N) is 1. The summed E-state index contributed by atoms with van der Waals surface area (Å²) in [6, 6.07) is 8.59. The molecule has 0 bridgehead atoms. The van der Waals surface area contributed by atoms with Gasteiger partial charge in [-0.25, -0.2) is 15.0 Å². The van der Waals surface area contributed by atoms with Gasteiger partial charge in [-0.2, -0.15) is 0 Å². The Kier molecular flexibility index (Phi) is 5.85. The molecule has 31 heavy (non-hydrogen) atoms. The third kappa shape index (κ3) is 4.51. The number of pyridine rings is 3. The lowest BCUT2D eigenvalue weighted by Crippen LogP contribution is -2.34. The summed E-state index contributed by atoms with van der Waals surface area (Å²) in [4.78, 5) is 37.1. The average molecular weight is 478 g/mol. The Morgan fingerprint density at radius 2 is 1.90 bits per heavy atom. The minimum Gasteiger partial charge on any atom is -0.384 e. The first-order valence-electron chi connectivity index (χ1n) is 9.63. The number of anilines is 1. The first-order valence-corrected chi connectivity index (χ1v) is 10.4. The second-order valence-electron chi connectivity index (χ2n) is 7.14. The Labute approximate surface area is 187 Å². The molecule has 0 aliphatic rings. The maximum absolute atomic E-state index is 13.6. The molecular formula is C22H20BrN7O. The van der Waals surface area contributed by atoms with Crippen LogP contribution in [0.15, 0.2) is 59.6 Å². The molecule has 4 aromatic heterocycles. The van der Waals surface area contributed by atoms with Crippen molar-refractivity contribution in [1.82, 2.24) is 29.8 Å². The highest BCUT2D eigenvalue weighted by Gasteiger charge is 2.26. The largest absolute Gasteiger partial charge is 0.384 e. The molecule has 1 unspecified atom stereocenters. The number of carbonyl (C=O) groups is 1. The monoisotopic (exact) mass is 477 g/mol. The van der Waals surface area contributed by atoms with E-state index >= 15 is 0 Å². The summed E-state index contributed by atoms with van der Waals surface area (Å²) in [6.45, 7) is 4.09. The fourth-order valence-corrected chi connectivity index (χ4v) is 3.55. The van der Waals surface area contributed by atoms with Crippen molar-refractivity contribution in [2.75, 3.05) is 5.73 Å². The molecule has 0 spiro atoms. The number of carbonyl (C=O) groups excluding carboxylic acids is 1. The van der Waals surface area contributed by atoms with Gasteiger partial charge in [-0.15, -0.1) is 0 Å². The highest BCUT2D eigenvalue weighted by molar-refractivity contribution is 9.10. The van der Waals surface area contributed by atoms with Gasteiger partial charge < -0.3 is 10.6 Å². The molecule has 4 aromatic rings. The summed E-state index contributed by atoms with van der Waals surface area (Å²) in [6.07, 6.45) is 6.59. The van der Waals surface area contributed by atoms with E-state index in [1.807, 2.05) is 26.0 Å². The average Bonchev–Trinajstić information content (AvgIpc) is 2.78. The van der Waals surface area contributed by atoms with Crippen LogP contribution in [-0.4, -0.2) is 35.7 Å². The summed E-state index contributed by atoms with van der Waals surface area (Å²) >= 11 is 3.39. The van der Waals surface area contributed by atoms with Crippen LogP contribution in [0, 0.1) is 6.92 Å². The standard InChI is InChI=1S/C22H20BrN7O/c1-13-8-19(24)29-18-9-15(10-28-20(13)18)22(31)30(12-17-5-4-16(23)11-27-17)14(2)21-25-6-3-7-26-21/h3-11,14H,12H2,1-2H3,(H2,24,29). The highest BCUT2D eigenvalue weighted by atomic mass is 79.9. The third-order valence-electron chi connectivity index (χ3n) is 4.91. The van der Waals surface area contributed by atoms with Crippen molar-refractivity contribution < 1.29 is 4.79 Å². The van der Waals surface area contributed by atoms with Crippen molar-refractivity contribution in [3.63, 3.8) is 0 Å². The summed E-state index contributed by atoms with van der Waals surface area (Å²) in [5, 5.41) is 0. The number of aromatic nitrogens is 5. The molecule has 8 nitrogen and oxygen atoms in total. The molecule has 1 amide bonds. The number of fused-ring (bicyclic) bond motifs is 1. The molecule has 0 aliphatic carbocycles. The van der Waals surface area contributed by atoms with Crippen molar-refractivity contribution >= 4 is 38.7 Å². The zero-order valence-electron chi connectivity index (χ0n) is 17.0. The van der Waals surface area contributed by atoms with Crippen LogP contribution in [0.5, 0.6) is 0 Å². The second kappa shape index (κ2) is 8.73. The minimum absolute atomic E-state index is 0.221. The van der Waals surface area contributed by atoms with Gasteiger partial charge in [0.25, 0.3) is 5.91 Å². The molecule has 0 radical (unpaired) electrons. The topological polar surface area (TPSA) is 111 Å². The summed E-state index contributed by atoms with van der Waals surface area (Å²) in [7, 11) is 0. The van der Waals surface area contributed by atoms with Crippen molar-refractivity contribution in [3.05, 3.63) is 82.2 Å². The van der Waals surface area contributed by atoms with Crippen LogP contribution in [0.1, 0.15) is 40.4 Å². The van der Waals surface area contributed by atoms with E-state index in [0.717, 1.165) is 15.7 Å². The zero-order valence-corrected chi connectivity index (χ0v) is 18.6. The lowest BCUT2D eigenvalue weighted by molar-refractivity contribution is 0.0663. The molecule has 156 valence electrons. The van der Waals surface area contributed by atoms with Gasteiger partial charge in [-0.3, -0.25) is 14.8 Å². The lowest BCUT2D eigenvalue weighted by atomic mass is 10.1. The molecule has 4 heterocycles. The first kappa shape index (κ1) is 20.8. The molecule has 2 N–H and O–H groups in total. The van der Waals surface area contributed by atoms with Crippen LogP contribution in [0.3, 0.4) is 0 Å². The van der Waals surface area contributed by atoms with Gasteiger partial charge in [-0.05, 0) is 65.7 Å². The van der Waals surface area contributed by atoms with E-state index in [-0.39, 0.29) is 18.5 Å². The van der Waals surface area contributed by atoms with E-state index in [4.69, 9.17) is 5.73 Å². The van der Waals surface area contributed by atoms with Crippen molar-refractivity contribution in [1.29, 1.82) is 0 Å². The van der Waals surface area contributed by atoms with E-state index in [1.54, 1.807) is 47.9 Å². The zero-order chi connectivity index (χ0) is 22.0. The van der Waals surface area contributed by atoms with Gasteiger partial charge in [0, 0.05) is 29.3 Å². The van der Waals surface area contributed by atoms with E-state index in [0.29, 0.717) is 28.2 Å². The molecular weight excluding hydrogens is 458 g/mol. The number of nitrogens with zero attached hydrogens (tertiary/aromatic N) is 6. The fourth-order valence-electron chi connectivity index (χ4n) is 3.31. The molecule has 4 rings (SSSR count). The van der Waals surface area contributed by atoms with E-state index in [9.17, 15) is 4.79 Å². The number of halogens is 1. The fraction of sp³-hybridized carbons (Fsp3) is 0.182. The Bertz CT molecular complexity index is 1230. The van der Waals surface area contributed by atoms with Crippen LogP contribution in [-0.2, 0) is 6.54 Å². The Morgan fingerprint density at radius 1 is 1.13 bits per heavy atom. The lowest BCUT2D eigenvalue weighted by Gasteiger charge is -2.28. The van der Waals surface area contributed by atoms with Gasteiger partial charge in [0.2, 0.25) is 0 Å². The summed E-state index contributed by atoms with van der Waals surface area (Å²) in [5.41, 5.74) is 9.23. The molecule has 0 fully saturated rings. The normalized spacial score (nSPS) is 12.0. The van der Waals surface area contributed by atoms with Crippen LogP contribution in [0.4, 0.5) is 5.82 Å². The van der Waals surface area contributed by atoms with Gasteiger partial charge in [-0.1, -0.05) is 0 Å². The maximum Gasteiger partial charge on any atom is 0.256 e. The van der Waals surface area contributed by atoms with E-state index in [1.165, 1.54) is 0 Å². The smallest absolute Gasteiger partial charge is 0.256 e.